The fraction of sp³-hybridized carbons (Fsp3) is 0.118. The zero-order valence-electron chi connectivity index (χ0n) is 12.8. The Balaban J connectivity index is 1.53. The average Bonchev–Trinajstić information content (AvgIpc) is 3.12. The first-order valence-corrected chi connectivity index (χ1v) is 8.28. The minimum atomic E-state index is -0.263. The van der Waals surface area contributed by atoms with E-state index in [2.05, 4.69) is 9.97 Å². The number of carbonyl (C=O) groups excluding carboxylic acids is 2. The van der Waals surface area contributed by atoms with Gasteiger partial charge in [-0.2, -0.15) is 0 Å². The number of hydrogen-bond acceptors (Lipinski definition) is 5. The number of aromatic amines is 1. The number of nitrogens with zero attached hydrogens (tertiary/aromatic N) is 2. The summed E-state index contributed by atoms with van der Waals surface area (Å²) in [4.78, 5) is 33.5. The van der Waals surface area contributed by atoms with Crippen molar-refractivity contribution in [3.63, 3.8) is 0 Å². The van der Waals surface area contributed by atoms with Gasteiger partial charge in [-0.3, -0.25) is 14.5 Å². The van der Waals surface area contributed by atoms with Crippen LogP contribution in [-0.2, 0) is 0 Å². The quantitative estimate of drug-likeness (QED) is 0.584. The Kier molecular flexibility index (Phi) is 3.50. The third-order valence-corrected chi connectivity index (χ3v) is 4.73. The molecular formula is C17H13N3O3S. The van der Waals surface area contributed by atoms with E-state index in [4.69, 9.17) is 4.74 Å². The van der Waals surface area contributed by atoms with E-state index in [1.807, 2.05) is 18.2 Å². The summed E-state index contributed by atoms with van der Waals surface area (Å²) in [6.07, 6.45) is 0. The molecule has 0 saturated carbocycles. The number of hydrogen-bond donors (Lipinski definition) is 1. The van der Waals surface area contributed by atoms with Gasteiger partial charge >= 0.3 is 0 Å². The molecule has 0 spiro atoms. The van der Waals surface area contributed by atoms with Crippen LogP contribution in [0.5, 0.6) is 5.75 Å². The number of aromatic nitrogens is 2. The largest absolute Gasteiger partial charge is 0.497 e. The second-order valence-electron chi connectivity index (χ2n) is 5.28. The van der Waals surface area contributed by atoms with Crippen molar-refractivity contribution in [2.24, 2.45) is 0 Å². The van der Waals surface area contributed by atoms with Gasteiger partial charge in [0.1, 0.15) is 5.75 Å². The van der Waals surface area contributed by atoms with Crippen LogP contribution < -0.4 is 4.74 Å². The van der Waals surface area contributed by atoms with Crippen LogP contribution in [0, 0.1) is 0 Å². The molecule has 1 aliphatic heterocycles. The minimum absolute atomic E-state index is 0.212. The number of ether oxygens (including phenoxy) is 1. The SMILES string of the molecule is COc1ccc2nc(SCN3C(=O)c4ccccc4C3=O)[nH]c2c1. The van der Waals surface area contributed by atoms with Gasteiger partial charge in [0, 0.05) is 6.07 Å². The Morgan fingerprint density at radius 1 is 1.12 bits per heavy atom. The number of amides is 2. The molecule has 3 aromatic rings. The fourth-order valence-electron chi connectivity index (χ4n) is 2.64. The average molecular weight is 339 g/mol. The molecule has 120 valence electrons. The molecule has 0 fully saturated rings. The second kappa shape index (κ2) is 5.68. The van der Waals surface area contributed by atoms with Crippen LogP contribution in [0.15, 0.2) is 47.6 Å². The van der Waals surface area contributed by atoms with E-state index in [-0.39, 0.29) is 17.7 Å². The van der Waals surface area contributed by atoms with Crippen LogP contribution in [0.3, 0.4) is 0 Å². The number of imide groups is 1. The van der Waals surface area contributed by atoms with Crippen molar-refractivity contribution in [2.45, 2.75) is 5.16 Å². The lowest BCUT2D eigenvalue weighted by Gasteiger charge is -2.11. The van der Waals surface area contributed by atoms with Crippen LogP contribution in [0.1, 0.15) is 20.7 Å². The minimum Gasteiger partial charge on any atom is -0.497 e. The van der Waals surface area contributed by atoms with E-state index in [9.17, 15) is 9.59 Å². The normalized spacial score (nSPS) is 13.6. The number of nitrogens with one attached hydrogen (secondary N) is 1. The third kappa shape index (κ3) is 2.33. The Bertz CT molecular complexity index is 932. The molecule has 0 unspecified atom stereocenters. The van der Waals surface area contributed by atoms with Crippen molar-refractivity contribution in [3.8, 4) is 5.75 Å². The second-order valence-corrected chi connectivity index (χ2v) is 6.22. The van der Waals surface area contributed by atoms with E-state index in [0.29, 0.717) is 16.3 Å². The van der Waals surface area contributed by atoms with Crippen LogP contribution >= 0.6 is 11.8 Å². The van der Waals surface area contributed by atoms with Crippen molar-refractivity contribution >= 4 is 34.6 Å². The summed E-state index contributed by atoms with van der Waals surface area (Å²) in [7, 11) is 1.61. The molecule has 7 heteroatoms. The first-order valence-electron chi connectivity index (χ1n) is 7.29. The standard InChI is InChI=1S/C17H13N3O3S/c1-23-10-6-7-13-14(8-10)19-17(18-13)24-9-20-15(21)11-4-2-3-5-12(11)16(20)22/h2-8H,9H2,1H3,(H,18,19). The summed E-state index contributed by atoms with van der Waals surface area (Å²) >= 11 is 1.31. The lowest BCUT2D eigenvalue weighted by Crippen LogP contribution is -2.29. The topological polar surface area (TPSA) is 75.3 Å². The zero-order chi connectivity index (χ0) is 16.7. The number of benzene rings is 2. The molecule has 0 atom stereocenters. The summed E-state index contributed by atoms with van der Waals surface area (Å²) in [6, 6.07) is 12.4. The van der Waals surface area contributed by atoms with Crippen molar-refractivity contribution < 1.29 is 14.3 Å². The van der Waals surface area contributed by atoms with Crippen LogP contribution in [-0.4, -0.2) is 39.7 Å². The Morgan fingerprint density at radius 2 is 1.83 bits per heavy atom. The number of carbonyl (C=O) groups is 2. The lowest BCUT2D eigenvalue weighted by molar-refractivity contribution is 0.0684. The highest BCUT2D eigenvalue weighted by Gasteiger charge is 2.35. The van der Waals surface area contributed by atoms with Gasteiger partial charge < -0.3 is 9.72 Å². The number of methoxy groups -OCH3 is 1. The predicted molar refractivity (Wildman–Crippen MR) is 90.3 cm³/mol. The number of imidazole rings is 1. The highest BCUT2D eigenvalue weighted by Crippen LogP contribution is 2.27. The van der Waals surface area contributed by atoms with Crippen LogP contribution in [0.25, 0.3) is 11.0 Å². The molecule has 0 radical (unpaired) electrons. The van der Waals surface area contributed by atoms with E-state index >= 15 is 0 Å². The molecule has 1 aliphatic rings. The Morgan fingerprint density at radius 3 is 2.50 bits per heavy atom. The molecule has 1 N–H and O–H groups in total. The summed E-state index contributed by atoms with van der Waals surface area (Å²) in [5.41, 5.74) is 2.56. The van der Waals surface area contributed by atoms with Gasteiger partial charge in [0.25, 0.3) is 11.8 Å². The summed E-state index contributed by atoms with van der Waals surface area (Å²) in [5.74, 6) is 0.424. The Hall–Kier alpha value is -2.80. The van der Waals surface area contributed by atoms with E-state index in [1.54, 1.807) is 31.4 Å². The van der Waals surface area contributed by atoms with Gasteiger partial charge in [0.2, 0.25) is 0 Å². The number of H-pyrrole nitrogens is 1. The molecular weight excluding hydrogens is 326 g/mol. The van der Waals surface area contributed by atoms with Crippen molar-refractivity contribution in [1.29, 1.82) is 0 Å². The molecule has 0 aliphatic carbocycles. The molecule has 24 heavy (non-hydrogen) atoms. The molecule has 0 saturated heterocycles. The summed E-state index contributed by atoms with van der Waals surface area (Å²) in [6.45, 7) is 0. The highest BCUT2D eigenvalue weighted by atomic mass is 32.2. The number of fused-ring (bicyclic) bond motifs is 2. The van der Waals surface area contributed by atoms with Gasteiger partial charge in [-0.25, -0.2) is 4.98 Å². The molecule has 2 aromatic carbocycles. The monoisotopic (exact) mass is 339 g/mol. The molecule has 6 nitrogen and oxygen atoms in total. The highest BCUT2D eigenvalue weighted by molar-refractivity contribution is 7.99. The third-order valence-electron chi connectivity index (χ3n) is 3.88. The smallest absolute Gasteiger partial charge is 0.262 e. The maximum atomic E-state index is 12.3. The van der Waals surface area contributed by atoms with Gasteiger partial charge in [0.15, 0.2) is 5.16 Å². The first-order chi connectivity index (χ1) is 11.7. The predicted octanol–water partition coefficient (Wildman–Crippen LogP) is 2.92. The molecule has 2 heterocycles. The van der Waals surface area contributed by atoms with Crippen LogP contribution in [0.2, 0.25) is 0 Å². The number of rotatable bonds is 4. The lowest BCUT2D eigenvalue weighted by atomic mass is 10.1. The van der Waals surface area contributed by atoms with E-state index in [1.165, 1.54) is 16.7 Å². The van der Waals surface area contributed by atoms with Gasteiger partial charge in [-0.1, -0.05) is 23.9 Å². The molecule has 1 aromatic heterocycles. The molecule has 4 rings (SSSR count). The van der Waals surface area contributed by atoms with Gasteiger partial charge in [0.05, 0.1) is 35.1 Å². The molecule has 0 bridgehead atoms. The van der Waals surface area contributed by atoms with Crippen molar-refractivity contribution in [1.82, 2.24) is 14.9 Å². The zero-order valence-corrected chi connectivity index (χ0v) is 13.6. The maximum absolute atomic E-state index is 12.3. The Labute approximate surface area is 141 Å². The van der Waals surface area contributed by atoms with Crippen molar-refractivity contribution in [3.05, 3.63) is 53.6 Å². The van der Waals surface area contributed by atoms with Crippen LogP contribution in [0.4, 0.5) is 0 Å². The number of thioether (sulfide) groups is 1. The fourth-order valence-corrected chi connectivity index (χ4v) is 3.47. The summed E-state index contributed by atoms with van der Waals surface area (Å²) < 4.78 is 5.18. The van der Waals surface area contributed by atoms with Gasteiger partial charge in [-0.15, -0.1) is 0 Å². The van der Waals surface area contributed by atoms with E-state index < -0.39 is 0 Å². The maximum Gasteiger partial charge on any atom is 0.262 e. The first kappa shape index (κ1) is 14.8. The molecule has 2 amide bonds. The van der Waals surface area contributed by atoms with Crippen molar-refractivity contribution in [2.75, 3.05) is 13.0 Å². The van der Waals surface area contributed by atoms with E-state index in [0.717, 1.165) is 16.8 Å². The summed E-state index contributed by atoms with van der Waals surface area (Å²) in [5, 5.41) is 0.648. The van der Waals surface area contributed by atoms with Gasteiger partial charge in [-0.05, 0) is 24.3 Å².